The molecule has 0 bridgehead atoms. The summed E-state index contributed by atoms with van der Waals surface area (Å²) >= 11 is 0. The zero-order valence-corrected chi connectivity index (χ0v) is 12.6. The zero-order valence-electron chi connectivity index (χ0n) is 11.8. The van der Waals surface area contributed by atoms with Crippen LogP contribution in [0.25, 0.3) is 0 Å². The van der Waals surface area contributed by atoms with E-state index in [9.17, 15) is 12.8 Å². The third-order valence-electron chi connectivity index (χ3n) is 3.17. The highest BCUT2D eigenvalue weighted by Crippen LogP contribution is 2.21. The van der Waals surface area contributed by atoms with Crippen LogP contribution in [0.5, 0.6) is 0 Å². The molecule has 0 radical (unpaired) electrons. The van der Waals surface area contributed by atoms with Gasteiger partial charge in [-0.1, -0.05) is 0 Å². The monoisotopic (exact) mass is 312 g/mol. The molecule has 0 saturated heterocycles. The number of sulfonamides is 1. The molecule has 2 rings (SSSR count). The van der Waals surface area contributed by atoms with E-state index in [-0.39, 0.29) is 12.2 Å². The molecule has 0 fully saturated rings. The lowest BCUT2D eigenvalue weighted by Gasteiger charge is -2.10. The lowest BCUT2D eigenvalue weighted by atomic mass is 10.2. The number of halogens is 1. The van der Waals surface area contributed by atoms with E-state index in [1.54, 1.807) is 23.9 Å². The number of anilines is 1. The Bertz CT molecular complexity index is 756. The Morgan fingerprint density at radius 1 is 1.43 bits per heavy atom. The summed E-state index contributed by atoms with van der Waals surface area (Å²) in [4.78, 5) is 3.65. The summed E-state index contributed by atoms with van der Waals surface area (Å²) in [5, 5.41) is 0. The zero-order chi connectivity index (χ0) is 15.6. The van der Waals surface area contributed by atoms with E-state index in [0.29, 0.717) is 12.0 Å². The molecule has 2 aromatic rings. The third kappa shape index (κ3) is 3.40. The maximum absolute atomic E-state index is 13.8. The standard InChI is InChI=1S/C13H17FN4O2S/c1-9-7-10(14)12(8-11(9)15)21(19,20)17-4-3-13-16-5-6-18(13)2/h5-8,17H,3-4,15H2,1-2H3. The summed E-state index contributed by atoms with van der Waals surface area (Å²) < 4.78 is 42.1. The summed E-state index contributed by atoms with van der Waals surface area (Å²) in [6.07, 6.45) is 3.81. The Hall–Kier alpha value is -1.93. The average molecular weight is 312 g/mol. The molecule has 3 N–H and O–H groups in total. The summed E-state index contributed by atoms with van der Waals surface area (Å²) in [5.41, 5.74) is 6.38. The van der Waals surface area contributed by atoms with Gasteiger partial charge in [-0.2, -0.15) is 0 Å². The highest BCUT2D eigenvalue weighted by atomic mass is 32.2. The van der Waals surface area contributed by atoms with Gasteiger partial charge in [0, 0.05) is 38.1 Å². The first-order chi connectivity index (χ1) is 9.81. The molecule has 21 heavy (non-hydrogen) atoms. The fourth-order valence-electron chi connectivity index (χ4n) is 1.89. The van der Waals surface area contributed by atoms with Crippen LogP contribution < -0.4 is 10.5 Å². The average Bonchev–Trinajstić information content (AvgIpc) is 2.79. The van der Waals surface area contributed by atoms with E-state index in [1.165, 1.54) is 0 Å². The topological polar surface area (TPSA) is 90.0 Å². The van der Waals surface area contributed by atoms with Gasteiger partial charge in [0.2, 0.25) is 10.0 Å². The molecular formula is C13H17FN4O2S. The van der Waals surface area contributed by atoms with Crippen LogP contribution in [0, 0.1) is 12.7 Å². The lowest BCUT2D eigenvalue weighted by molar-refractivity contribution is 0.556. The van der Waals surface area contributed by atoms with Crippen molar-refractivity contribution in [2.75, 3.05) is 12.3 Å². The van der Waals surface area contributed by atoms with Crippen LogP contribution in [0.3, 0.4) is 0 Å². The third-order valence-corrected chi connectivity index (χ3v) is 4.65. The predicted octanol–water partition coefficient (Wildman–Crippen LogP) is 0.971. The molecule has 0 spiro atoms. The van der Waals surface area contributed by atoms with Crippen molar-refractivity contribution in [1.29, 1.82) is 0 Å². The molecule has 0 aliphatic carbocycles. The van der Waals surface area contributed by atoms with Crippen molar-refractivity contribution >= 4 is 15.7 Å². The van der Waals surface area contributed by atoms with Crippen LogP contribution in [-0.4, -0.2) is 24.5 Å². The fraction of sp³-hybridized carbons (Fsp3) is 0.308. The Kier molecular flexibility index (Phi) is 4.29. The van der Waals surface area contributed by atoms with Crippen molar-refractivity contribution in [2.24, 2.45) is 7.05 Å². The summed E-state index contributed by atoms with van der Waals surface area (Å²) in [6, 6.07) is 2.25. The number of aryl methyl sites for hydroxylation is 2. The molecule has 0 aliphatic heterocycles. The van der Waals surface area contributed by atoms with E-state index in [0.717, 1.165) is 18.0 Å². The van der Waals surface area contributed by atoms with Gasteiger partial charge in [0.05, 0.1) is 0 Å². The number of hydrogen-bond acceptors (Lipinski definition) is 4. The van der Waals surface area contributed by atoms with E-state index in [2.05, 4.69) is 9.71 Å². The first-order valence-corrected chi connectivity index (χ1v) is 7.81. The largest absolute Gasteiger partial charge is 0.398 e. The Labute approximate surface area is 122 Å². The SMILES string of the molecule is Cc1cc(F)c(S(=O)(=O)NCCc2nccn2C)cc1N. The van der Waals surface area contributed by atoms with Crippen LogP contribution in [0.2, 0.25) is 0 Å². The fourth-order valence-corrected chi connectivity index (χ4v) is 3.01. The van der Waals surface area contributed by atoms with E-state index >= 15 is 0 Å². The van der Waals surface area contributed by atoms with Gasteiger partial charge >= 0.3 is 0 Å². The second kappa shape index (κ2) is 5.82. The highest BCUT2D eigenvalue weighted by Gasteiger charge is 2.20. The van der Waals surface area contributed by atoms with Gasteiger partial charge < -0.3 is 10.3 Å². The van der Waals surface area contributed by atoms with Crippen LogP contribution in [-0.2, 0) is 23.5 Å². The molecule has 114 valence electrons. The minimum Gasteiger partial charge on any atom is -0.398 e. The number of hydrogen-bond donors (Lipinski definition) is 2. The Balaban J connectivity index is 2.12. The number of imidazole rings is 1. The number of rotatable bonds is 5. The predicted molar refractivity (Wildman–Crippen MR) is 77.6 cm³/mol. The Morgan fingerprint density at radius 2 is 2.14 bits per heavy atom. The smallest absolute Gasteiger partial charge is 0.243 e. The second-order valence-corrected chi connectivity index (χ2v) is 6.48. The van der Waals surface area contributed by atoms with Crippen LogP contribution in [0.4, 0.5) is 10.1 Å². The highest BCUT2D eigenvalue weighted by molar-refractivity contribution is 7.89. The van der Waals surface area contributed by atoms with Gasteiger partial charge in [-0.15, -0.1) is 0 Å². The van der Waals surface area contributed by atoms with Crippen molar-refractivity contribution in [1.82, 2.24) is 14.3 Å². The normalized spacial score (nSPS) is 11.8. The van der Waals surface area contributed by atoms with E-state index in [4.69, 9.17) is 5.73 Å². The number of nitrogens with one attached hydrogen (secondary N) is 1. The van der Waals surface area contributed by atoms with Gasteiger partial charge in [-0.05, 0) is 24.6 Å². The Morgan fingerprint density at radius 3 is 2.76 bits per heavy atom. The van der Waals surface area contributed by atoms with Gasteiger partial charge in [0.15, 0.2) is 0 Å². The number of nitrogens with two attached hydrogens (primary N) is 1. The van der Waals surface area contributed by atoms with E-state index in [1.807, 2.05) is 7.05 Å². The first-order valence-electron chi connectivity index (χ1n) is 6.33. The molecule has 0 atom stereocenters. The van der Waals surface area contributed by atoms with Gasteiger partial charge in [-0.3, -0.25) is 0 Å². The van der Waals surface area contributed by atoms with Crippen LogP contribution in [0.15, 0.2) is 29.4 Å². The van der Waals surface area contributed by atoms with E-state index < -0.39 is 20.7 Å². The maximum Gasteiger partial charge on any atom is 0.243 e. The van der Waals surface area contributed by atoms with Gasteiger partial charge in [0.1, 0.15) is 16.5 Å². The van der Waals surface area contributed by atoms with Crippen molar-refractivity contribution in [2.45, 2.75) is 18.2 Å². The molecule has 0 amide bonds. The number of benzene rings is 1. The molecule has 1 aromatic carbocycles. The lowest BCUT2D eigenvalue weighted by Crippen LogP contribution is -2.27. The molecular weight excluding hydrogens is 295 g/mol. The number of aromatic nitrogens is 2. The van der Waals surface area contributed by atoms with Crippen LogP contribution >= 0.6 is 0 Å². The summed E-state index contributed by atoms with van der Waals surface area (Å²) in [7, 11) is -2.12. The molecule has 1 aromatic heterocycles. The minimum atomic E-state index is -3.94. The molecule has 8 heteroatoms. The molecule has 0 aliphatic rings. The first kappa shape index (κ1) is 15.5. The van der Waals surface area contributed by atoms with Crippen molar-refractivity contribution in [3.63, 3.8) is 0 Å². The van der Waals surface area contributed by atoms with Crippen LogP contribution in [0.1, 0.15) is 11.4 Å². The summed E-state index contributed by atoms with van der Waals surface area (Å²) in [6.45, 7) is 1.74. The molecule has 0 saturated carbocycles. The van der Waals surface area contributed by atoms with Gasteiger partial charge in [0.25, 0.3) is 0 Å². The second-order valence-electron chi connectivity index (χ2n) is 4.74. The van der Waals surface area contributed by atoms with Crippen molar-refractivity contribution in [3.8, 4) is 0 Å². The molecule has 1 heterocycles. The molecule has 6 nitrogen and oxygen atoms in total. The quantitative estimate of drug-likeness (QED) is 0.805. The summed E-state index contributed by atoms with van der Waals surface area (Å²) in [5.74, 6) is -0.0761. The maximum atomic E-state index is 13.8. The minimum absolute atomic E-state index is 0.125. The molecule has 0 unspecified atom stereocenters. The number of nitrogen functional groups attached to an aromatic ring is 1. The van der Waals surface area contributed by atoms with Crippen molar-refractivity contribution < 1.29 is 12.8 Å². The van der Waals surface area contributed by atoms with Gasteiger partial charge in [-0.25, -0.2) is 22.5 Å². The van der Waals surface area contributed by atoms with Crippen molar-refractivity contribution in [3.05, 3.63) is 41.7 Å². The number of nitrogens with zero attached hydrogens (tertiary/aromatic N) is 2.